The van der Waals surface area contributed by atoms with E-state index in [4.69, 9.17) is 23.2 Å². The van der Waals surface area contributed by atoms with Crippen LogP contribution in [0, 0.1) is 10.8 Å². The molecule has 2 rings (SSSR count). The topological polar surface area (TPSA) is 42.0 Å². The van der Waals surface area contributed by atoms with Gasteiger partial charge in [-0.25, -0.2) is 0 Å². The Bertz CT molecular complexity index is 532. The minimum atomic E-state index is -0.364. The van der Waals surface area contributed by atoms with E-state index in [0.29, 0.717) is 22.3 Å². The van der Waals surface area contributed by atoms with Gasteiger partial charge in [0.25, 0.3) is 0 Å². The molecule has 1 saturated heterocycles. The number of aromatic nitrogens is 1. The quantitative estimate of drug-likeness (QED) is 0.834. The molecule has 1 aromatic heterocycles. The lowest BCUT2D eigenvalue weighted by atomic mass is 9.73. The summed E-state index contributed by atoms with van der Waals surface area (Å²) in [7, 11) is 0. The van der Waals surface area contributed by atoms with Crippen molar-refractivity contribution < 1.29 is 4.79 Å². The Hall–Kier alpha value is -0.640. The monoisotopic (exact) mass is 328 g/mol. The van der Waals surface area contributed by atoms with Crippen molar-refractivity contribution in [3.05, 3.63) is 28.0 Å². The molecule has 1 aromatic rings. The van der Waals surface area contributed by atoms with Crippen molar-refractivity contribution in [3.63, 3.8) is 0 Å². The molecule has 1 fully saturated rings. The van der Waals surface area contributed by atoms with E-state index in [2.05, 4.69) is 31.1 Å². The van der Waals surface area contributed by atoms with E-state index in [0.717, 1.165) is 25.8 Å². The van der Waals surface area contributed by atoms with E-state index < -0.39 is 0 Å². The van der Waals surface area contributed by atoms with Gasteiger partial charge in [0.2, 0.25) is 0 Å². The maximum absolute atomic E-state index is 12.9. The lowest BCUT2D eigenvalue weighted by Crippen LogP contribution is -2.35. The normalized spacial score (nSPS) is 22.5. The van der Waals surface area contributed by atoms with Crippen LogP contribution in [0.15, 0.2) is 12.3 Å². The molecule has 21 heavy (non-hydrogen) atoms. The number of nitrogens with one attached hydrogen (secondary N) is 1. The smallest absolute Gasteiger partial charge is 0.188 e. The fraction of sp³-hybridized carbons (Fsp3) is 0.625. The molecule has 1 unspecified atom stereocenters. The van der Waals surface area contributed by atoms with Gasteiger partial charge in [0, 0.05) is 18.2 Å². The molecule has 1 N–H and O–H groups in total. The Kier molecular flexibility index (Phi) is 4.96. The largest absolute Gasteiger partial charge is 0.316 e. The summed E-state index contributed by atoms with van der Waals surface area (Å²) in [5.41, 5.74) is 0.264. The average molecular weight is 329 g/mol. The van der Waals surface area contributed by atoms with Crippen LogP contribution in [0.4, 0.5) is 0 Å². The number of Topliss-reactive ketones (excluding diaryl/α,β-unsaturated/α-hetero) is 1. The SMILES string of the molecule is CC(C)(C)CCC1(C(=O)c2cc(Cl)c(Cl)cn2)CCNC1. The third kappa shape index (κ3) is 3.97. The molecule has 0 aliphatic carbocycles. The number of ketones is 1. The number of rotatable bonds is 4. The molecule has 1 aliphatic heterocycles. The number of nitrogens with zero attached hydrogens (tertiary/aromatic N) is 1. The lowest BCUT2D eigenvalue weighted by molar-refractivity contribution is 0.0778. The van der Waals surface area contributed by atoms with Crippen LogP contribution >= 0.6 is 23.2 Å². The van der Waals surface area contributed by atoms with Crippen LogP contribution in [0.25, 0.3) is 0 Å². The molecular weight excluding hydrogens is 307 g/mol. The average Bonchev–Trinajstić information content (AvgIpc) is 2.88. The highest BCUT2D eigenvalue weighted by Gasteiger charge is 2.42. The molecule has 1 aliphatic rings. The van der Waals surface area contributed by atoms with Crippen molar-refractivity contribution in [2.45, 2.75) is 40.0 Å². The first kappa shape index (κ1) is 16.7. The zero-order valence-electron chi connectivity index (χ0n) is 12.8. The summed E-state index contributed by atoms with van der Waals surface area (Å²) in [6.07, 6.45) is 4.17. The van der Waals surface area contributed by atoms with Crippen molar-refractivity contribution in [2.24, 2.45) is 10.8 Å². The van der Waals surface area contributed by atoms with Crippen LogP contribution in [-0.2, 0) is 0 Å². The van der Waals surface area contributed by atoms with Crippen molar-refractivity contribution >= 4 is 29.0 Å². The Labute approximate surface area is 136 Å². The van der Waals surface area contributed by atoms with Gasteiger partial charge in [-0.15, -0.1) is 0 Å². The third-order valence-corrected chi connectivity index (χ3v) is 4.83. The minimum absolute atomic E-state index is 0.0790. The van der Waals surface area contributed by atoms with Crippen LogP contribution in [-0.4, -0.2) is 23.9 Å². The fourth-order valence-corrected chi connectivity index (χ4v) is 2.94. The van der Waals surface area contributed by atoms with Crippen molar-refractivity contribution in [3.8, 4) is 0 Å². The summed E-state index contributed by atoms with van der Waals surface area (Å²) < 4.78 is 0. The number of hydrogen-bond acceptors (Lipinski definition) is 3. The van der Waals surface area contributed by atoms with Gasteiger partial charge in [-0.2, -0.15) is 0 Å². The summed E-state index contributed by atoms with van der Waals surface area (Å²) in [4.78, 5) is 17.1. The molecule has 0 bridgehead atoms. The summed E-state index contributed by atoms with van der Waals surface area (Å²) in [5, 5.41) is 4.08. The van der Waals surface area contributed by atoms with Gasteiger partial charge in [0.1, 0.15) is 5.69 Å². The summed E-state index contributed by atoms with van der Waals surface area (Å²) in [6, 6.07) is 1.59. The number of halogens is 2. The van der Waals surface area contributed by atoms with E-state index >= 15 is 0 Å². The Balaban J connectivity index is 2.24. The highest BCUT2D eigenvalue weighted by atomic mass is 35.5. The summed E-state index contributed by atoms with van der Waals surface area (Å²) >= 11 is 11.9. The van der Waals surface area contributed by atoms with Crippen LogP contribution in [0.5, 0.6) is 0 Å². The van der Waals surface area contributed by atoms with Gasteiger partial charge < -0.3 is 5.32 Å². The maximum atomic E-state index is 12.9. The summed E-state index contributed by atoms with van der Waals surface area (Å²) in [6.45, 7) is 8.18. The summed E-state index contributed by atoms with van der Waals surface area (Å²) in [5.74, 6) is 0.0790. The van der Waals surface area contributed by atoms with Crippen LogP contribution in [0.3, 0.4) is 0 Å². The highest BCUT2D eigenvalue weighted by Crippen LogP contribution is 2.38. The van der Waals surface area contributed by atoms with E-state index in [9.17, 15) is 4.79 Å². The highest BCUT2D eigenvalue weighted by molar-refractivity contribution is 6.42. The zero-order valence-corrected chi connectivity index (χ0v) is 14.3. The van der Waals surface area contributed by atoms with E-state index in [1.165, 1.54) is 6.20 Å². The van der Waals surface area contributed by atoms with Crippen molar-refractivity contribution in [2.75, 3.05) is 13.1 Å². The van der Waals surface area contributed by atoms with Gasteiger partial charge in [0.15, 0.2) is 5.78 Å². The number of hydrogen-bond donors (Lipinski definition) is 1. The Morgan fingerprint density at radius 1 is 1.38 bits per heavy atom. The molecule has 1 atom stereocenters. The maximum Gasteiger partial charge on any atom is 0.188 e. The van der Waals surface area contributed by atoms with Gasteiger partial charge in [0.05, 0.1) is 10.0 Å². The van der Waals surface area contributed by atoms with Crippen LogP contribution < -0.4 is 5.32 Å². The second kappa shape index (κ2) is 6.23. The second-order valence-electron chi connectivity index (χ2n) is 7.08. The number of pyridine rings is 1. The number of carbonyl (C=O) groups is 1. The third-order valence-electron chi connectivity index (χ3n) is 4.12. The number of carbonyl (C=O) groups excluding carboxylic acids is 1. The van der Waals surface area contributed by atoms with Gasteiger partial charge in [-0.1, -0.05) is 44.0 Å². The molecule has 5 heteroatoms. The zero-order chi connectivity index (χ0) is 15.7. The van der Waals surface area contributed by atoms with E-state index in [1.807, 2.05) is 0 Å². The predicted molar refractivity (Wildman–Crippen MR) is 87.2 cm³/mol. The molecule has 2 heterocycles. The molecule has 0 radical (unpaired) electrons. The lowest BCUT2D eigenvalue weighted by Gasteiger charge is -2.30. The standard InChI is InChI=1S/C16H22Cl2N2O/c1-15(2,3)4-5-16(6-7-19-10-16)14(21)13-8-11(17)12(18)9-20-13/h8-9,19H,4-7,10H2,1-3H3. The first-order valence-electron chi connectivity index (χ1n) is 7.30. The molecule has 0 saturated carbocycles. The predicted octanol–water partition coefficient (Wildman–Crippen LogP) is 4.38. The van der Waals surface area contributed by atoms with Crippen molar-refractivity contribution in [1.29, 1.82) is 0 Å². The van der Waals surface area contributed by atoms with E-state index in [-0.39, 0.29) is 16.6 Å². The second-order valence-corrected chi connectivity index (χ2v) is 7.89. The van der Waals surface area contributed by atoms with Gasteiger partial charge in [-0.3, -0.25) is 9.78 Å². The Morgan fingerprint density at radius 3 is 2.62 bits per heavy atom. The molecule has 116 valence electrons. The van der Waals surface area contributed by atoms with Crippen LogP contribution in [0.2, 0.25) is 10.0 Å². The fourth-order valence-electron chi connectivity index (χ4n) is 2.69. The van der Waals surface area contributed by atoms with E-state index in [1.54, 1.807) is 6.07 Å². The molecule has 0 amide bonds. The molecule has 0 spiro atoms. The molecule has 3 nitrogen and oxygen atoms in total. The molecule has 0 aromatic carbocycles. The Morgan fingerprint density at radius 2 is 2.10 bits per heavy atom. The van der Waals surface area contributed by atoms with Crippen LogP contribution in [0.1, 0.15) is 50.5 Å². The van der Waals surface area contributed by atoms with Gasteiger partial charge >= 0.3 is 0 Å². The molecular formula is C16H22Cl2N2O. The first-order chi connectivity index (χ1) is 9.73. The first-order valence-corrected chi connectivity index (χ1v) is 8.06. The van der Waals surface area contributed by atoms with Crippen molar-refractivity contribution in [1.82, 2.24) is 10.3 Å². The van der Waals surface area contributed by atoms with Gasteiger partial charge in [-0.05, 0) is 37.3 Å². The minimum Gasteiger partial charge on any atom is -0.316 e.